The highest BCUT2D eigenvalue weighted by molar-refractivity contribution is 9.10. The molecule has 1 heterocycles. The normalized spacial score (nSPS) is 11.1. The highest BCUT2D eigenvalue weighted by Gasteiger charge is 2.26. The fourth-order valence-corrected chi connectivity index (χ4v) is 1.58. The maximum absolute atomic E-state index is 11.6. The Kier molecular flexibility index (Phi) is 4.51. The van der Waals surface area contributed by atoms with Crippen LogP contribution in [0.2, 0.25) is 0 Å². The van der Waals surface area contributed by atoms with Crippen molar-refractivity contribution in [1.29, 1.82) is 0 Å². The lowest BCUT2D eigenvalue weighted by molar-refractivity contribution is -0.128. The molecule has 94 valence electrons. The van der Waals surface area contributed by atoms with E-state index in [1.54, 1.807) is 13.2 Å². The van der Waals surface area contributed by atoms with Gasteiger partial charge >= 0.3 is 0 Å². The van der Waals surface area contributed by atoms with Crippen molar-refractivity contribution in [3.8, 4) is 0 Å². The van der Waals surface area contributed by atoms with Crippen molar-refractivity contribution < 1.29 is 4.79 Å². The summed E-state index contributed by atoms with van der Waals surface area (Å²) in [5.74, 6) is 0.793. The molecule has 0 bridgehead atoms. The molecule has 5 heteroatoms. The average molecular weight is 300 g/mol. The molecule has 0 aliphatic heterocycles. The van der Waals surface area contributed by atoms with Crippen molar-refractivity contribution >= 4 is 27.7 Å². The summed E-state index contributed by atoms with van der Waals surface area (Å²) >= 11 is 3.40. The summed E-state index contributed by atoms with van der Waals surface area (Å²) in [6, 6.07) is 1.95. The molecule has 0 unspecified atom stereocenters. The summed E-state index contributed by atoms with van der Waals surface area (Å²) in [6.07, 6.45) is 1.75. The third-order valence-electron chi connectivity index (χ3n) is 2.60. The van der Waals surface area contributed by atoms with Crippen LogP contribution >= 0.6 is 15.9 Å². The van der Waals surface area contributed by atoms with Crippen molar-refractivity contribution in [3.05, 3.63) is 22.3 Å². The van der Waals surface area contributed by atoms with Crippen LogP contribution in [0.25, 0.3) is 0 Å². The van der Waals surface area contributed by atoms with E-state index in [0.717, 1.165) is 15.9 Å². The minimum Gasteiger partial charge on any atom is -0.369 e. The summed E-state index contributed by atoms with van der Waals surface area (Å²) in [4.78, 5) is 15.8. The van der Waals surface area contributed by atoms with Gasteiger partial charge in [0, 0.05) is 24.3 Å². The molecule has 2 N–H and O–H groups in total. The highest BCUT2D eigenvalue weighted by Crippen LogP contribution is 2.19. The first kappa shape index (κ1) is 14.0. The van der Waals surface area contributed by atoms with Crippen molar-refractivity contribution in [2.45, 2.75) is 20.8 Å². The largest absolute Gasteiger partial charge is 0.369 e. The zero-order valence-corrected chi connectivity index (χ0v) is 12.2. The predicted octanol–water partition coefficient (Wildman–Crippen LogP) is 2.34. The van der Waals surface area contributed by atoms with Gasteiger partial charge in [-0.3, -0.25) is 4.79 Å². The number of nitrogens with one attached hydrogen (secondary N) is 2. The van der Waals surface area contributed by atoms with Gasteiger partial charge in [-0.05, 0) is 48.3 Å². The summed E-state index contributed by atoms with van der Waals surface area (Å²) < 4.78 is 0.980. The van der Waals surface area contributed by atoms with Gasteiger partial charge in [0.25, 0.3) is 0 Å². The Morgan fingerprint density at radius 3 is 2.71 bits per heavy atom. The van der Waals surface area contributed by atoms with E-state index in [9.17, 15) is 4.79 Å². The third-order valence-corrected chi connectivity index (χ3v) is 3.43. The van der Waals surface area contributed by atoms with Crippen LogP contribution in [0.3, 0.4) is 0 Å². The van der Waals surface area contributed by atoms with Crippen LogP contribution in [0.4, 0.5) is 5.82 Å². The van der Waals surface area contributed by atoms with Crippen molar-refractivity contribution in [3.63, 3.8) is 0 Å². The molecule has 4 nitrogen and oxygen atoms in total. The van der Waals surface area contributed by atoms with Crippen LogP contribution in [0.1, 0.15) is 19.4 Å². The van der Waals surface area contributed by atoms with Crippen molar-refractivity contribution in [2.75, 3.05) is 18.9 Å². The molecule has 0 aliphatic carbocycles. The molecular formula is C12H18BrN3O. The maximum atomic E-state index is 11.6. The SMILES string of the molecule is CNC(=O)C(C)(C)CNc1cc(C)c(Br)cn1. The van der Waals surface area contributed by atoms with Crippen LogP contribution in [0, 0.1) is 12.3 Å². The van der Waals surface area contributed by atoms with Gasteiger partial charge in [-0.15, -0.1) is 0 Å². The Morgan fingerprint density at radius 1 is 1.53 bits per heavy atom. The highest BCUT2D eigenvalue weighted by atomic mass is 79.9. The molecule has 0 aromatic carbocycles. The van der Waals surface area contributed by atoms with E-state index in [1.165, 1.54) is 0 Å². The minimum absolute atomic E-state index is 0.0128. The third kappa shape index (κ3) is 3.70. The van der Waals surface area contributed by atoms with Gasteiger partial charge in [0.15, 0.2) is 0 Å². The van der Waals surface area contributed by atoms with Crippen LogP contribution in [-0.4, -0.2) is 24.5 Å². The summed E-state index contributed by atoms with van der Waals surface area (Å²) in [5, 5.41) is 5.83. The Labute approximate surface area is 110 Å². The van der Waals surface area contributed by atoms with Crippen LogP contribution in [0.5, 0.6) is 0 Å². The Balaban J connectivity index is 2.67. The Hall–Kier alpha value is -1.10. The summed E-state index contributed by atoms with van der Waals surface area (Å²) in [5.41, 5.74) is 0.650. The van der Waals surface area contributed by atoms with Crippen molar-refractivity contribution in [2.24, 2.45) is 5.41 Å². The average Bonchev–Trinajstić information content (AvgIpc) is 2.29. The van der Waals surface area contributed by atoms with Gasteiger partial charge in [0.1, 0.15) is 5.82 Å². The number of amides is 1. The van der Waals surface area contributed by atoms with E-state index < -0.39 is 5.41 Å². The molecule has 17 heavy (non-hydrogen) atoms. The molecule has 0 atom stereocenters. The van der Waals surface area contributed by atoms with Gasteiger partial charge in [-0.25, -0.2) is 4.98 Å². The molecule has 0 saturated carbocycles. The maximum Gasteiger partial charge on any atom is 0.227 e. The first-order valence-corrected chi connectivity index (χ1v) is 6.24. The van der Waals surface area contributed by atoms with Gasteiger partial charge in [0.2, 0.25) is 5.91 Å². The van der Waals surface area contributed by atoms with Crippen LogP contribution in [-0.2, 0) is 4.79 Å². The zero-order chi connectivity index (χ0) is 13.1. The molecular weight excluding hydrogens is 282 g/mol. The van der Waals surface area contributed by atoms with Gasteiger partial charge in [0.05, 0.1) is 5.41 Å². The number of carbonyl (C=O) groups excluding carboxylic acids is 1. The molecule has 0 radical (unpaired) electrons. The molecule has 1 aromatic heterocycles. The fourth-order valence-electron chi connectivity index (χ4n) is 1.37. The lowest BCUT2D eigenvalue weighted by Gasteiger charge is -2.23. The standard InChI is InChI=1S/C12H18BrN3O/c1-8-5-10(15-6-9(8)13)16-7-12(2,3)11(17)14-4/h5-6H,7H2,1-4H3,(H,14,17)(H,15,16). The lowest BCUT2D eigenvalue weighted by atomic mass is 9.92. The topological polar surface area (TPSA) is 54.0 Å². The van der Waals surface area contributed by atoms with Gasteiger partial charge < -0.3 is 10.6 Å². The molecule has 0 saturated heterocycles. The number of halogens is 1. The van der Waals surface area contributed by atoms with Gasteiger partial charge in [-0.2, -0.15) is 0 Å². The first-order valence-electron chi connectivity index (χ1n) is 5.45. The smallest absolute Gasteiger partial charge is 0.227 e. The number of anilines is 1. The van der Waals surface area contributed by atoms with E-state index in [4.69, 9.17) is 0 Å². The summed E-state index contributed by atoms with van der Waals surface area (Å²) in [7, 11) is 1.64. The Morgan fingerprint density at radius 2 is 2.18 bits per heavy atom. The predicted molar refractivity (Wildman–Crippen MR) is 73.0 cm³/mol. The molecule has 1 aromatic rings. The zero-order valence-electron chi connectivity index (χ0n) is 10.6. The molecule has 1 amide bonds. The Bertz CT molecular complexity index is 418. The lowest BCUT2D eigenvalue weighted by Crippen LogP contribution is -2.39. The number of hydrogen-bond acceptors (Lipinski definition) is 3. The number of aryl methyl sites for hydroxylation is 1. The van der Waals surface area contributed by atoms with Crippen LogP contribution < -0.4 is 10.6 Å². The number of rotatable bonds is 4. The second kappa shape index (κ2) is 5.49. The van der Waals surface area contributed by atoms with E-state index in [-0.39, 0.29) is 5.91 Å². The number of carbonyl (C=O) groups is 1. The van der Waals surface area contributed by atoms with E-state index in [0.29, 0.717) is 6.54 Å². The summed E-state index contributed by atoms with van der Waals surface area (Å²) in [6.45, 7) is 6.33. The molecule has 0 fully saturated rings. The monoisotopic (exact) mass is 299 g/mol. The second-order valence-electron chi connectivity index (χ2n) is 4.64. The van der Waals surface area contributed by atoms with E-state index in [2.05, 4.69) is 31.5 Å². The molecule has 1 rings (SSSR count). The molecule has 0 aliphatic rings. The second-order valence-corrected chi connectivity index (χ2v) is 5.49. The van der Waals surface area contributed by atoms with E-state index in [1.807, 2.05) is 26.8 Å². The first-order chi connectivity index (χ1) is 7.86. The number of aromatic nitrogens is 1. The quantitative estimate of drug-likeness (QED) is 0.897. The molecule has 0 spiro atoms. The van der Waals surface area contributed by atoms with Crippen molar-refractivity contribution in [1.82, 2.24) is 10.3 Å². The number of pyridine rings is 1. The van der Waals surface area contributed by atoms with Gasteiger partial charge in [-0.1, -0.05) is 0 Å². The van der Waals surface area contributed by atoms with E-state index >= 15 is 0 Å². The number of nitrogens with zero attached hydrogens (tertiary/aromatic N) is 1. The van der Waals surface area contributed by atoms with Crippen LogP contribution in [0.15, 0.2) is 16.7 Å². The fraction of sp³-hybridized carbons (Fsp3) is 0.500. The number of hydrogen-bond donors (Lipinski definition) is 2. The minimum atomic E-state index is -0.461.